The van der Waals surface area contributed by atoms with E-state index in [0.717, 1.165) is 11.8 Å². The van der Waals surface area contributed by atoms with Crippen molar-refractivity contribution in [3.05, 3.63) is 58.9 Å². The van der Waals surface area contributed by atoms with Gasteiger partial charge in [-0.05, 0) is 42.0 Å². The van der Waals surface area contributed by atoms with Crippen LogP contribution in [0.3, 0.4) is 0 Å². The van der Waals surface area contributed by atoms with Crippen LogP contribution < -0.4 is 4.72 Å². The number of rotatable bonds is 5. The predicted molar refractivity (Wildman–Crippen MR) is 111 cm³/mol. The summed E-state index contributed by atoms with van der Waals surface area (Å²) in [5.74, 6) is -0.857. The molecule has 4 rings (SSSR count). The molecular formula is C21H22ClFN2O3S. The van der Waals surface area contributed by atoms with Gasteiger partial charge in [0.15, 0.2) is 0 Å². The Balaban J connectivity index is 1.53. The first kappa shape index (κ1) is 20.3. The summed E-state index contributed by atoms with van der Waals surface area (Å²) in [5, 5.41) is 0.539. The van der Waals surface area contributed by atoms with Gasteiger partial charge in [-0.25, -0.2) is 17.5 Å². The molecule has 1 saturated carbocycles. The topological polar surface area (TPSA) is 66.5 Å². The van der Waals surface area contributed by atoms with Crippen molar-refractivity contribution in [2.75, 3.05) is 19.3 Å². The summed E-state index contributed by atoms with van der Waals surface area (Å²) < 4.78 is 40.2. The summed E-state index contributed by atoms with van der Waals surface area (Å²) in [6, 6.07) is 11.9. The lowest BCUT2D eigenvalue weighted by Crippen LogP contribution is -2.38. The van der Waals surface area contributed by atoms with Crippen molar-refractivity contribution in [1.82, 2.24) is 9.62 Å². The average Bonchev–Trinajstić information content (AvgIpc) is 3.30. The molecule has 154 valence electrons. The minimum absolute atomic E-state index is 0.0406. The number of carbonyl (C=O) groups is 1. The van der Waals surface area contributed by atoms with Gasteiger partial charge in [0.2, 0.25) is 15.9 Å². The van der Waals surface area contributed by atoms with Gasteiger partial charge in [-0.1, -0.05) is 41.9 Å². The summed E-state index contributed by atoms with van der Waals surface area (Å²) in [4.78, 5) is 14.6. The molecule has 1 N–H and O–H groups in total. The third-order valence-corrected chi connectivity index (χ3v) is 6.67. The van der Waals surface area contributed by atoms with Gasteiger partial charge in [-0.2, -0.15) is 0 Å². The Labute approximate surface area is 174 Å². The van der Waals surface area contributed by atoms with Crippen LogP contribution in [0.25, 0.3) is 11.1 Å². The fourth-order valence-electron chi connectivity index (χ4n) is 4.21. The Kier molecular flexibility index (Phi) is 5.40. The Hall–Kier alpha value is -1.96. The molecule has 3 atom stereocenters. The molecule has 2 fully saturated rings. The number of benzene rings is 2. The van der Waals surface area contributed by atoms with Gasteiger partial charge in [0, 0.05) is 35.6 Å². The quantitative estimate of drug-likeness (QED) is 0.781. The molecule has 1 aliphatic heterocycles. The number of halogens is 2. The van der Waals surface area contributed by atoms with E-state index in [1.165, 1.54) is 6.07 Å². The summed E-state index contributed by atoms with van der Waals surface area (Å²) in [6.07, 6.45) is 2.28. The lowest BCUT2D eigenvalue weighted by molar-refractivity contribution is -0.131. The van der Waals surface area contributed by atoms with Crippen molar-refractivity contribution >= 4 is 27.5 Å². The van der Waals surface area contributed by atoms with Gasteiger partial charge in [-0.3, -0.25) is 4.79 Å². The molecule has 0 radical (unpaired) electrons. The number of carbonyl (C=O) groups excluding carboxylic acids is 1. The zero-order valence-electron chi connectivity index (χ0n) is 15.9. The first-order chi connectivity index (χ1) is 13.7. The number of hydrogen-bond acceptors (Lipinski definition) is 3. The van der Waals surface area contributed by atoms with E-state index < -0.39 is 10.0 Å². The average molecular weight is 437 g/mol. The van der Waals surface area contributed by atoms with Crippen molar-refractivity contribution < 1.29 is 17.6 Å². The van der Waals surface area contributed by atoms with E-state index in [1.807, 2.05) is 24.3 Å². The first-order valence-electron chi connectivity index (χ1n) is 9.54. The van der Waals surface area contributed by atoms with Crippen molar-refractivity contribution in [1.29, 1.82) is 0 Å². The highest BCUT2D eigenvalue weighted by Crippen LogP contribution is 2.52. The molecule has 0 bridgehead atoms. The van der Waals surface area contributed by atoms with Crippen LogP contribution in [0.4, 0.5) is 4.39 Å². The van der Waals surface area contributed by atoms with Gasteiger partial charge < -0.3 is 4.90 Å². The zero-order valence-corrected chi connectivity index (χ0v) is 17.5. The third-order valence-electron chi connectivity index (χ3n) is 5.58. The van der Waals surface area contributed by atoms with Crippen molar-refractivity contribution in [3.63, 3.8) is 0 Å². The molecule has 2 aliphatic rings. The van der Waals surface area contributed by atoms with E-state index in [1.54, 1.807) is 17.0 Å². The maximum atomic E-state index is 14.8. The minimum Gasteiger partial charge on any atom is -0.341 e. The van der Waals surface area contributed by atoms with Gasteiger partial charge in [-0.15, -0.1) is 0 Å². The highest BCUT2D eigenvalue weighted by Gasteiger charge is 2.49. The largest absolute Gasteiger partial charge is 0.341 e. The van der Waals surface area contributed by atoms with Crippen LogP contribution in [0.5, 0.6) is 0 Å². The van der Waals surface area contributed by atoms with E-state index >= 15 is 0 Å². The maximum absolute atomic E-state index is 14.8. The molecule has 5 nitrogen and oxygen atoms in total. The predicted octanol–water partition coefficient (Wildman–Crippen LogP) is 3.40. The number of nitrogens with one attached hydrogen (secondary N) is 1. The number of sulfonamides is 1. The summed E-state index contributed by atoms with van der Waals surface area (Å²) in [5.41, 5.74) is 2.00. The standard InChI is InChI=1S/C21H22ClFN2O3S/c1-29(27,28)24-13-9-10-25(12-13)21(26)17-11-16(17)20-15(6-4-8-19(20)23)14-5-2-3-7-18(14)22/h2-8,13,16-17,24H,9-12H2,1H3. The second-order valence-electron chi connectivity index (χ2n) is 7.79. The molecule has 29 heavy (non-hydrogen) atoms. The van der Waals surface area contributed by atoms with Gasteiger partial charge >= 0.3 is 0 Å². The normalized spacial score (nSPS) is 24.0. The molecule has 0 aromatic heterocycles. The van der Waals surface area contributed by atoms with Gasteiger partial charge in [0.05, 0.1) is 6.26 Å². The number of nitrogens with zero attached hydrogens (tertiary/aromatic N) is 1. The molecule has 1 amide bonds. The van der Waals surface area contributed by atoms with E-state index in [9.17, 15) is 17.6 Å². The van der Waals surface area contributed by atoms with Crippen LogP contribution >= 0.6 is 11.6 Å². The molecule has 8 heteroatoms. The molecule has 3 unspecified atom stereocenters. The van der Waals surface area contributed by atoms with Crippen molar-refractivity contribution in [2.45, 2.75) is 24.8 Å². The molecule has 2 aromatic rings. The summed E-state index contributed by atoms with van der Waals surface area (Å²) >= 11 is 6.33. The second-order valence-corrected chi connectivity index (χ2v) is 9.98. The maximum Gasteiger partial charge on any atom is 0.226 e. The SMILES string of the molecule is CS(=O)(=O)NC1CCN(C(=O)C2CC2c2c(F)cccc2-c2ccccc2Cl)C1. The Bertz CT molecular complexity index is 1060. The van der Waals surface area contributed by atoms with E-state index in [4.69, 9.17) is 11.6 Å². The van der Waals surface area contributed by atoms with Crippen LogP contribution in [0.1, 0.15) is 24.3 Å². The summed E-state index contributed by atoms with van der Waals surface area (Å²) in [6.45, 7) is 0.855. The second kappa shape index (κ2) is 7.70. The number of hydrogen-bond donors (Lipinski definition) is 1. The summed E-state index contributed by atoms with van der Waals surface area (Å²) in [7, 11) is -3.31. The van der Waals surface area contributed by atoms with Crippen molar-refractivity contribution in [2.24, 2.45) is 5.92 Å². The lowest BCUT2D eigenvalue weighted by atomic mass is 9.95. The minimum atomic E-state index is -3.31. The molecule has 1 aliphatic carbocycles. The van der Waals surface area contributed by atoms with Gasteiger partial charge in [0.1, 0.15) is 5.82 Å². The highest BCUT2D eigenvalue weighted by atomic mass is 35.5. The van der Waals surface area contributed by atoms with Crippen LogP contribution in [-0.4, -0.2) is 44.6 Å². The fraction of sp³-hybridized carbons (Fsp3) is 0.381. The molecule has 1 heterocycles. The van der Waals surface area contributed by atoms with Crippen molar-refractivity contribution in [3.8, 4) is 11.1 Å². The van der Waals surface area contributed by atoms with Crippen LogP contribution in [0, 0.1) is 11.7 Å². The Morgan fingerprint density at radius 2 is 1.90 bits per heavy atom. The van der Waals surface area contributed by atoms with Crippen LogP contribution in [0.15, 0.2) is 42.5 Å². The monoisotopic (exact) mass is 436 g/mol. The first-order valence-corrected chi connectivity index (χ1v) is 11.8. The number of amides is 1. The Morgan fingerprint density at radius 3 is 2.62 bits per heavy atom. The number of likely N-dealkylation sites (tertiary alicyclic amines) is 1. The van der Waals surface area contributed by atoms with E-state index in [0.29, 0.717) is 42.1 Å². The fourth-order valence-corrected chi connectivity index (χ4v) is 5.24. The molecule has 0 spiro atoms. The Morgan fingerprint density at radius 1 is 1.17 bits per heavy atom. The smallest absolute Gasteiger partial charge is 0.226 e. The highest BCUT2D eigenvalue weighted by molar-refractivity contribution is 7.88. The lowest BCUT2D eigenvalue weighted by Gasteiger charge is -2.17. The van der Waals surface area contributed by atoms with E-state index in [2.05, 4.69) is 4.72 Å². The molecular weight excluding hydrogens is 415 g/mol. The molecule has 2 aromatic carbocycles. The van der Waals surface area contributed by atoms with E-state index in [-0.39, 0.29) is 29.6 Å². The molecule has 1 saturated heterocycles. The van der Waals surface area contributed by atoms with Crippen LogP contribution in [-0.2, 0) is 14.8 Å². The van der Waals surface area contributed by atoms with Gasteiger partial charge in [0.25, 0.3) is 0 Å². The zero-order chi connectivity index (χ0) is 20.8. The third kappa shape index (κ3) is 4.32. The van der Waals surface area contributed by atoms with Crippen LogP contribution in [0.2, 0.25) is 5.02 Å².